The molecule has 1 aromatic rings. The fraction of sp³-hybridized carbons (Fsp3) is 0.786. The molecule has 3 unspecified atom stereocenters. The first kappa shape index (κ1) is 14.5. The van der Waals surface area contributed by atoms with Crippen LogP contribution in [0.2, 0.25) is 0 Å². The van der Waals surface area contributed by atoms with Gasteiger partial charge in [-0.05, 0) is 38.2 Å². The molecular formula is C14H26N4O. The van der Waals surface area contributed by atoms with Gasteiger partial charge in [0.05, 0.1) is 17.8 Å². The van der Waals surface area contributed by atoms with E-state index in [-0.39, 0.29) is 12.1 Å². The molecule has 1 aromatic heterocycles. The SMILES string of the molecule is CCC(C)n1ccc(CC(NN)C(OC)C2CC2)n1. The molecule has 19 heavy (non-hydrogen) atoms. The zero-order chi connectivity index (χ0) is 13.8. The van der Waals surface area contributed by atoms with Crippen molar-refractivity contribution in [3.8, 4) is 0 Å². The predicted octanol–water partition coefficient (Wildman–Crippen LogP) is 1.65. The minimum atomic E-state index is 0.137. The summed E-state index contributed by atoms with van der Waals surface area (Å²) in [5.74, 6) is 6.35. The van der Waals surface area contributed by atoms with Gasteiger partial charge >= 0.3 is 0 Å². The van der Waals surface area contributed by atoms with Crippen LogP contribution in [-0.4, -0.2) is 29.0 Å². The van der Waals surface area contributed by atoms with Crippen LogP contribution in [0.15, 0.2) is 12.3 Å². The first-order valence-electron chi connectivity index (χ1n) is 7.22. The number of hydrazine groups is 1. The van der Waals surface area contributed by atoms with Crippen molar-refractivity contribution in [2.45, 2.75) is 57.7 Å². The summed E-state index contributed by atoms with van der Waals surface area (Å²) in [5, 5.41) is 4.63. The van der Waals surface area contributed by atoms with Gasteiger partial charge in [0.15, 0.2) is 0 Å². The van der Waals surface area contributed by atoms with Crippen LogP contribution < -0.4 is 11.3 Å². The summed E-state index contributed by atoms with van der Waals surface area (Å²) in [6.07, 6.45) is 6.64. The number of methoxy groups -OCH3 is 1. The number of ether oxygens (including phenoxy) is 1. The largest absolute Gasteiger partial charge is 0.379 e. The molecule has 0 aromatic carbocycles. The number of aromatic nitrogens is 2. The van der Waals surface area contributed by atoms with Gasteiger partial charge in [-0.1, -0.05) is 6.92 Å². The van der Waals surface area contributed by atoms with Crippen LogP contribution >= 0.6 is 0 Å². The lowest BCUT2D eigenvalue weighted by molar-refractivity contribution is 0.0507. The van der Waals surface area contributed by atoms with Gasteiger partial charge in [0.2, 0.25) is 0 Å². The van der Waals surface area contributed by atoms with E-state index in [1.54, 1.807) is 7.11 Å². The Hall–Kier alpha value is -0.910. The van der Waals surface area contributed by atoms with Crippen molar-refractivity contribution in [3.05, 3.63) is 18.0 Å². The lowest BCUT2D eigenvalue weighted by Crippen LogP contribution is -2.47. The zero-order valence-electron chi connectivity index (χ0n) is 12.2. The van der Waals surface area contributed by atoms with E-state index in [1.807, 2.05) is 4.68 Å². The Morgan fingerprint density at radius 2 is 2.32 bits per heavy atom. The Labute approximate surface area is 115 Å². The normalized spacial score (nSPS) is 20.2. The summed E-state index contributed by atoms with van der Waals surface area (Å²) in [6, 6.07) is 2.66. The third kappa shape index (κ3) is 3.55. The molecular weight excluding hydrogens is 240 g/mol. The molecule has 3 atom stereocenters. The molecule has 0 saturated heterocycles. The summed E-state index contributed by atoms with van der Waals surface area (Å²) >= 11 is 0. The molecule has 0 spiro atoms. The second-order valence-electron chi connectivity index (χ2n) is 5.56. The molecule has 0 amide bonds. The Morgan fingerprint density at radius 1 is 1.58 bits per heavy atom. The summed E-state index contributed by atoms with van der Waals surface area (Å²) < 4.78 is 7.63. The average molecular weight is 266 g/mol. The van der Waals surface area contributed by atoms with Crippen LogP contribution in [0.4, 0.5) is 0 Å². The molecule has 5 nitrogen and oxygen atoms in total. The molecule has 5 heteroatoms. The van der Waals surface area contributed by atoms with E-state index in [2.05, 4.69) is 36.6 Å². The average Bonchev–Trinajstić information content (AvgIpc) is 3.15. The van der Waals surface area contributed by atoms with Gasteiger partial charge in [-0.3, -0.25) is 16.0 Å². The van der Waals surface area contributed by atoms with E-state index >= 15 is 0 Å². The second-order valence-corrected chi connectivity index (χ2v) is 5.56. The predicted molar refractivity (Wildman–Crippen MR) is 75.6 cm³/mol. The number of hydrogen-bond donors (Lipinski definition) is 2. The van der Waals surface area contributed by atoms with Crippen molar-refractivity contribution >= 4 is 0 Å². The van der Waals surface area contributed by atoms with Crippen LogP contribution in [0.25, 0.3) is 0 Å². The molecule has 1 heterocycles. The van der Waals surface area contributed by atoms with E-state index in [1.165, 1.54) is 12.8 Å². The Balaban J connectivity index is 1.99. The lowest BCUT2D eigenvalue weighted by atomic mass is 10.0. The zero-order valence-corrected chi connectivity index (χ0v) is 12.2. The highest BCUT2D eigenvalue weighted by Crippen LogP contribution is 2.36. The summed E-state index contributed by atoms with van der Waals surface area (Å²) in [5.41, 5.74) is 3.98. The molecule has 108 valence electrons. The first-order valence-corrected chi connectivity index (χ1v) is 7.22. The first-order chi connectivity index (χ1) is 9.19. The van der Waals surface area contributed by atoms with Gasteiger partial charge in [0, 0.05) is 25.8 Å². The van der Waals surface area contributed by atoms with Gasteiger partial charge in [-0.2, -0.15) is 5.10 Å². The van der Waals surface area contributed by atoms with Crippen LogP contribution in [0.5, 0.6) is 0 Å². The van der Waals surface area contributed by atoms with Crippen molar-refractivity contribution in [1.82, 2.24) is 15.2 Å². The highest BCUT2D eigenvalue weighted by atomic mass is 16.5. The van der Waals surface area contributed by atoms with Crippen LogP contribution in [0.1, 0.15) is 44.8 Å². The van der Waals surface area contributed by atoms with Crippen LogP contribution in [0.3, 0.4) is 0 Å². The molecule has 1 aliphatic rings. The maximum Gasteiger partial charge on any atom is 0.0769 e. The van der Waals surface area contributed by atoms with E-state index in [9.17, 15) is 0 Å². The van der Waals surface area contributed by atoms with Crippen LogP contribution in [-0.2, 0) is 11.2 Å². The number of nitrogens with one attached hydrogen (secondary N) is 1. The lowest BCUT2D eigenvalue weighted by Gasteiger charge is -2.24. The maximum atomic E-state index is 5.69. The molecule has 0 aliphatic heterocycles. The third-order valence-electron chi connectivity index (χ3n) is 4.10. The molecule has 3 N–H and O–H groups in total. The molecule has 0 bridgehead atoms. The Bertz CT molecular complexity index is 389. The monoisotopic (exact) mass is 266 g/mol. The summed E-state index contributed by atoms with van der Waals surface area (Å²) in [7, 11) is 1.77. The van der Waals surface area contributed by atoms with Gasteiger partial charge in [0.1, 0.15) is 0 Å². The van der Waals surface area contributed by atoms with E-state index in [4.69, 9.17) is 10.6 Å². The Morgan fingerprint density at radius 3 is 2.84 bits per heavy atom. The quantitative estimate of drug-likeness (QED) is 0.555. The minimum Gasteiger partial charge on any atom is -0.379 e. The topological polar surface area (TPSA) is 65.1 Å². The number of nitrogens with zero attached hydrogens (tertiary/aromatic N) is 2. The van der Waals surface area contributed by atoms with E-state index in [0.29, 0.717) is 12.0 Å². The van der Waals surface area contributed by atoms with Crippen LogP contribution in [0, 0.1) is 5.92 Å². The number of nitrogens with two attached hydrogens (primary N) is 1. The fourth-order valence-corrected chi connectivity index (χ4v) is 2.52. The van der Waals surface area contributed by atoms with Crippen molar-refractivity contribution < 1.29 is 4.74 Å². The molecule has 0 radical (unpaired) electrons. The van der Waals surface area contributed by atoms with Crippen molar-refractivity contribution in [1.29, 1.82) is 0 Å². The molecule has 2 rings (SSSR count). The van der Waals surface area contributed by atoms with Gasteiger partial charge in [-0.25, -0.2) is 0 Å². The van der Waals surface area contributed by atoms with Gasteiger partial charge in [-0.15, -0.1) is 0 Å². The number of hydrogen-bond acceptors (Lipinski definition) is 4. The summed E-state index contributed by atoms with van der Waals surface area (Å²) in [6.45, 7) is 4.35. The maximum absolute atomic E-state index is 5.69. The Kier molecular flexibility index (Phi) is 4.96. The fourth-order valence-electron chi connectivity index (χ4n) is 2.52. The summed E-state index contributed by atoms with van der Waals surface area (Å²) in [4.78, 5) is 0. The van der Waals surface area contributed by atoms with Crippen molar-refractivity contribution in [2.24, 2.45) is 11.8 Å². The molecule has 1 aliphatic carbocycles. The second kappa shape index (κ2) is 6.50. The highest BCUT2D eigenvalue weighted by Gasteiger charge is 2.36. The smallest absolute Gasteiger partial charge is 0.0769 e. The number of rotatable bonds is 8. The van der Waals surface area contributed by atoms with Crippen molar-refractivity contribution in [2.75, 3.05) is 7.11 Å². The van der Waals surface area contributed by atoms with Gasteiger partial charge in [0.25, 0.3) is 0 Å². The molecule has 1 saturated carbocycles. The van der Waals surface area contributed by atoms with Gasteiger partial charge < -0.3 is 4.74 Å². The minimum absolute atomic E-state index is 0.137. The van der Waals surface area contributed by atoms with Crippen molar-refractivity contribution in [3.63, 3.8) is 0 Å². The van der Waals surface area contributed by atoms with E-state index in [0.717, 1.165) is 18.5 Å². The molecule has 1 fully saturated rings. The highest BCUT2D eigenvalue weighted by molar-refractivity contribution is 5.04. The standard InChI is InChI=1S/C14H26N4O/c1-4-10(2)18-8-7-12(17-18)9-13(16-15)14(19-3)11-5-6-11/h7-8,10-11,13-14,16H,4-6,9,15H2,1-3H3. The van der Waals surface area contributed by atoms with E-state index < -0.39 is 0 Å². The third-order valence-corrected chi connectivity index (χ3v) is 4.10.